The van der Waals surface area contributed by atoms with Crippen LogP contribution in [0, 0.1) is 0 Å². The lowest BCUT2D eigenvalue weighted by molar-refractivity contribution is 0.101. The number of hydrogen-bond donors (Lipinski definition) is 3. The molecule has 0 fully saturated rings. The number of H-pyrrole nitrogens is 1. The van der Waals surface area contributed by atoms with Crippen molar-refractivity contribution in [2.75, 3.05) is 12.4 Å². The maximum Gasteiger partial charge on any atom is 0.275 e. The molecule has 2 heterocycles. The SMILES string of the molecule is COc1ccccc1-n1nccc1C(=O)Nc1n[nH]c2cc(O)ccc12. The molecule has 0 aliphatic heterocycles. The quantitative estimate of drug-likeness (QED) is 0.525. The summed E-state index contributed by atoms with van der Waals surface area (Å²) in [5, 5.41) is 24.1. The van der Waals surface area contributed by atoms with E-state index in [1.54, 1.807) is 31.5 Å². The maximum absolute atomic E-state index is 12.8. The van der Waals surface area contributed by atoms with E-state index in [2.05, 4.69) is 20.6 Å². The van der Waals surface area contributed by atoms with Crippen molar-refractivity contribution in [1.29, 1.82) is 0 Å². The average molecular weight is 349 g/mol. The Labute approximate surface area is 148 Å². The van der Waals surface area contributed by atoms with E-state index in [9.17, 15) is 9.90 Å². The van der Waals surface area contributed by atoms with Gasteiger partial charge in [-0.1, -0.05) is 12.1 Å². The van der Waals surface area contributed by atoms with E-state index >= 15 is 0 Å². The van der Waals surface area contributed by atoms with Crippen LogP contribution in [0.2, 0.25) is 0 Å². The summed E-state index contributed by atoms with van der Waals surface area (Å²) >= 11 is 0. The molecule has 8 nitrogen and oxygen atoms in total. The van der Waals surface area contributed by atoms with E-state index in [-0.39, 0.29) is 11.7 Å². The summed E-state index contributed by atoms with van der Waals surface area (Å²) in [6, 6.07) is 13.7. The largest absolute Gasteiger partial charge is 0.508 e. The number of fused-ring (bicyclic) bond motifs is 1. The third kappa shape index (κ3) is 2.63. The van der Waals surface area contributed by atoms with Gasteiger partial charge in [0, 0.05) is 11.5 Å². The van der Waals surface area contributed by atoms with Gasteiger partial charge in [-0.15, -0.1) is 0 Å². The van der Waals surface area contributed by atoms with Gasteiger partial charge < -0.3 is 15.2 Å². The smallest absolute Gasteiger partial charge is 0.275 e. The molecule has 0 radical (unpaired) electrons. The number of carbonyl (C=O) groups is 1. The summed E-state index contributed by atoms with van der Waals surface area (Å²) in [6.07, 6.45) is 1.54. The predicted molar refractivity (Wildman–Crippen MR) is 95.8 cm³/mol. The number of hydrogen-bond acceptors (Lipinski definition) is 5. The van der Waals surface area contributed by atoms with E-state index in [0.29, 0.717) is 33.9 Å². The first-order valence-electron chi connectivity index (χ1n) is 7.83. The third-order valence-corrected chi connectivity index (χ3v) is 3.97. The van der Waals surface area contributed by atoms with Crippen molar-refractivity contribution in [2.24, 2.45) is 0 Å². The molecule has 0 saturated carbocycles. The van der Waals surface area contributed by atoms with Crippen molar-refractivity contribution in [3.63, 3.8) is 0 Å². The number of para-hydroxylation sites is 2. The molecular weight excluding hydrogens is 334 g/mol. The molecule has 1 amide bonds. The second-order valence-electron chi connectivity index (χ2n) is 5.56. The Hall–Kier alpha value is -3.81. The number of ether oxygens (including phenoxy) is 1. The van der Waals surface area contributed by atoms with Crippen molar-refractivity contribution < 1.29 is 14.6 Å². The zero-order chi connectivity index (χ0) is 18.1. The van der Waals surface area contributed by atoms with E-state index in [1.165, 1.54) is 16.8 Å². The van der Waals surface area contributed by atoms with Crippen LogP contribution < -0.4 is 10.1 Å². The number of aromatic hydroxyl groups is 1. The molecule has 2 aromatic carbocycles. The van der Waals surface area contributed by atoms with Crippen LogP contribution in [0.4, 0.5) is 5.82 Å². The van der Waals surface area contributed by atoms with Crippen LogP contribution in [0.25, 0.3) is 16.6 Å². The number of phenolic OH excluding ortho intramolecular Hbond substituents is 1. The van der Waals surface area contributed by atoms with Crippen molar-refractivity contribution in [2.45, 2.75) is 0 Å². The molecule has 0 unspecified atom stereocenters. The maximum atomic E-state index is 12.8. The fraction of sp³-hybridized carbons (Fsp3) is 0.0556. The van der Waals surface area contributed by atoms with Gasteiger partial charge in [-0.25, -0.2) is 4.68 Å². The number of anilines is 1. The van der Waals surface area contributed by atoms with Gasteiger partial charge in [0.1, 0.15) is 22.9 Å². The molecule has 0 saturated heterocycles. The second kappa shape index (κ2) is 6.25. The minimum absolute atomic E-state index is 0.119. The number of phenols is 1. The lowest BCUT2D eigenvalue weighted by Crippen LogP contribution is -2.17. The average Bonchev–Trinajstić information content (AvgIpc) is 3.29. The molecule has 8 heteroatoms. The van der Waals surface area contributed by atoms with E-state index in [1.807, 2.05) is 18.2 Å². The lowest BCUT2D eigenvalue weighted by Gasteiger charge is -2.11. The summed E-state index contributed by atoms with van der Waals surface area (Å²) in [7, 11) is 1.56. The highest BCUT2D eigenvalue weighted by molar-refractivity contribution is 6.07. The Morgan fingerprint density at radius 1 is 1.23 bits per heavy atom. The van der Waals surface area contributed by atoms with Gasteiger partial charge in [0.15, 0.2) is 5.82 Å². The first kappa shape index (κ1) is 15.7. The van der Waals surface area contributed by atoms with Crippen LogP contribution in [0.3, 0.4) is 0 Å². The van der Waals surface area contributed by atoms with Gasteiger partial charge in [0.2, 0.25) is 0 Å². The molecule has 2 aromatic heterocycles. The molecular formula is C18H15N5O3. The fourth-order valence-corrected chi connectivity index (χ4v) is 2.75. The third-order valence-electron chi connectivity index (χ3n) is 3.97. The van der Waals surface area contributed by atoms with Crippen molar-refractivity contribution >= 4 is 22.6 Å². The van der Waals surface area contributed by atoms with Crippen LogP contribution in [0.1, 0.15) is 10.5 Å². The number of carbonyl (C=O) groups excluding carboxylic acids is 1. The van der Waals surface area contributed by atoms with Crippen LogP contribution in [-0.4, -0.2) is 38.1 Å². The number of methoxy groups -OCH3 is 1. The first-order valence-corrected chi connectivity index (χ1v) is 7.83. The highest BCUT2D eigenvalue weighted by Gasteiger charge is 2.18. The minimum atomic E-state index is -0.366. The van der Waals surface area contributed by atoms with E-state index in [0.717, 1.165) is 0 Å². The molecule has 26 heavy (non-hydrogen) atoms. The number of rotatable bonds is 4. The lowest BCUT2D eigenvalue weighted by atomic mass is 10.2. The predicted octanol–water partition coefficient (Wildman–Crippen LogP) is 2.72. The Kier molecular flexibility index (Phi) is 3.77. The molecule has 0 aliphatic rings. The number of aromatic amines is 1. The topological polar surface area (TPSA) is 105 Å². The normalized spacial score (nSPS) is 10.8. The summed E-state index contributed by atoms with van der Waals surface area (Å²) in [4.78, 5) is 12.8. The summed E-state index contributed by atoms with van der Waals surface area (Å²) in [5.41, 5.74) is 1.62. The van der Waals surface area contributed by atoms with Crippen LogP contribution >= 0.6 is 0 Å². The van der Waals surface area contributed by atoms with E-state index < -0.39 is 0 Å². The summed E-state index contributed by atoms with van der Waals surface area (Å²) in [5.74, 6) is 0.729. The minimum Gasteiger partial charge on any atom is -0.508 e. The van der Waals surface area contributed by atoms with Crippen LogP contribution in [0.5, 0.6) is 11.5 Å². The summed E-state index contributed by atoms with van der Waals surface area (Å²) < 4.78 is 6.85. The van der Waals surface area contributed by atoms with Gasteiger partial charge in [0.25, 0.3) is 5.91 Å². The second-order valence-corrected chi connectivity index (χ2v) is 5.56. The number of nitrogens with one attached hydrogen (secondary N) is 2. The van der Waals surface area contributed by atoms with Gasteiger partial charge in [-0.3, -0.25) is 9.89 Å². The van der Waals surface area contributed by atoms with Gasteiger partial charge in [-0.2, -0.15) is 10.2 Å². The zero-order valence-corrected chi connectivity index (χ0v) is 13.8. The Morgan fingerprint density at radius 2 is 2.08 bits per heavy atom. The molecule has 0 spiro atoms. The Bertz CT molecular complexity index is 1100. The monoisotopic (exact) mass is 349 g/mol. The van der Waals surface area contributed by atoms with Crippen LogP contribution in [-0.2, 0) is 0 Å². The number of benzene rings is 2. The van der Waals surface area contributed by atoms with Gasteiger partial charge >= 0.3 is 0 Å². The highest BCUT2D eigenvalue weighted by Crippen LogP contribution is 2.26. The first-order chi connectivity index (χ1) is 12.7. The summed E-state index contributed by atoms with van der Waals surface area (Å²) in [6.45, 7) is 0. The number of nitrogens with zero attached hydrogens (tertiary/aromatic N) is 3. The van der Waals surface area contributed by atoms with Crippen molar-refractivity contribution in [1.82, 2.24) is 20.0 Å². The molecule has 0 atom stereocenters. The molecule has 0 aliphatic carbocycles. The Morgan fingerprint density at radius 3 is 2.92 bits per heavy atom. The highest BCUT2D eigenvalue weighted by atomic mass is 16.5. The van der Waals surface area contributed by atoms with Crippen molar-refractivity contribution in [3.8, 4) is 17.2 Å². The van der Waals surface area contributed by atoms with E-state index in [4.69, 9.17) is 4.74 Å². The molecule has 3 N–H and O–H groups in total. The molecule has 4 rings (SSSR count). The zero-order valence-electron chi connectivity index (χ0n) is 13.8. The van der Waals surface area contributed by atoms with Gasteiger partial charge in [-0.05, 0) is 30.3 Å². The number of aromatic nitrogens is 4. The molecule has 130 valence electrons. The molecule has 4 aromatic rings. The molecule has 0 bridgehead atoms. The van der Waals surface area contributed by atoms with Crippen LogP contribution in [0.15, 0.2) is 54.7 Å². The van der Waals surface area contributed by atoms with Crippen molar-refractivity contribution in [3.05, 3.63) is 60.4 Å². The van der Waals surface area contributed by atoms with Gasteiger partial charge in [0.05, 0.1) is 18.8 Å². The number of amides is 1. The Balaban J connectivity index is 1.68. The fourth-order valence-electron chi connectivity index (χ4n) is 2.75. The standard InChI is InChI=1S/C18H15N5O3/c1-26-16-5-3-2-4-14(16)23-15(8-9-19-23)18(25)20-17-12-7-6-11(24)10-13(12)21-22-17/h2-10,24H,1H3,(H2,20,21,22,25).